The number of aromatic nitrogens is 2. The van der Waals surface area contributed by atoms with Crippen LogP contribution in [0.2, 0.25) is 0 Å². The first-order valence-electron chi connectivity index (χ1n) is 13.3. The Morgan fingerprint density at radius 3 is 2.24 bits per heavy atom. The Morgan fingerprint density at radius 1 is 0.976 bits per heavy atom. The first kappa shape index (κ1) is 28.7. The molecule has 0 saturated carbocycles. The van der Waals surface area contributed by atoms with Crippen molar-refractivity contribution in [2.75, 3.05) is 14.2 Å². The van der Waals surface area contributed by atoms with E-state index >= 15 is 0 Å². The number of sulfonamides is 1. The Bertz CT molecular complexity index is 1850. The van der Waals surface area contributed by atoms with Gasteiger partial charge in [0.25, 0.3) is 5.56 Å². The maximum atomic E-state index is 14.1. The maximum Gasteiger partial charge on any atom is 0.266 e. The summed E-state index contributed by atoms with van der Waals surface area (Å²) in [5, 5.41) is 2.44. The van der Waals surface area contributed by atoms with Crippen molar-refractivity contribution in [1.29, 1.82) is 0 Å². The molecule has 0 radical (unpaired) electrons. The zero-order chi connectivity index (χ0) is 29.5. The summed E-state index contributed by atoms with van der Waals surface area (Å²) in [6.45, 7) is 7.99. The summed E-state index contributed by atoms with van der Waals surface area (Å²) >= 11 is 1.59. The van der Waals surface area contributed by atoms with Crippen LogP contribution in [0.1, 0.15) is 45.1 Å². The Morgan fingerprint density at radius 2 is 1.66 bits per heavy atom. The van der Waals surface area contributed by atoms with Crippen LogP contribution in [0, 0.1) is 0 Å². The maximum absolute atomic E-state index is 14.1. The molecule has 212 valence electrons. The molecule has 2 heterocycles. The Hall–Kier alpha value is -3.79. The quantitative estimate of drug-likeness (QED) is 0.209. The highest BCUT2D eigenvalue weighted by atomic mass is 32.2. The first-order valence-corrected chi connectivity index (χ1v) is 15.6. The van der Waals surface area contributed by atoms with Gasteiger partial charge in [0.15, 0.2) is 0 Å². The molecule has 0 amide bonds. The summed E-state index contributed by atoms with van der Waals surface area (Å²) in [5.41, 5.74) is 2.65. The van der Waals surface area contributed by atoms with Gasteiger partial charge in [-0.05, 0) is 83.4 Å². The zero-order valence-electron chi connectivity index (χ0n) is 24.0. The van der Waals surface area contributed by atoms with Gasteiger partial charge in [-0.1, -0.05) is 45.0 Å². The smallest absolute Gasteiger partial charge is 0.266 e. The van der Waals surface area contributed by atoms with Gasteiger partial charge in [-0.25, -0.2) is 13.4 Å². The first-order chi connectivity index (χ1) is 19.4. The van der Waals surface area contributed by atoms with Gasteiger partial charge in [0, 0.05) is 11.9 Å². The molecule has 0 spiro atoms. The van der Waals surface area contributed by atoms with Gasteiger partial charge in [-0.15, -0.1) is 11.3 Å². The number of methoxy groups -OCH3 is 1. The minimum Gasteiger partial charge on any atom is -0.497 e. The van der Waals surface area contributed by atoms with E-state index in [1.54, 1.807) is 61.8 Å². The predicted molar refractivity (Wildman–Crippen MR) is 166 cm³/mol. The monoisotopic (exact) mass is 587 g/mol. The van der Waals surface area contributed by atoms with Crippen LogP contribution in [0.4, 0.5) is 0 Å². The van der Waals surface area contributed by atoms with Gasteiger partial charge >= 0.3 is 0 Å². The van der Waals surface area contributed by atoms with Crippen LogP contribution < -0.4 is 10.3 Å². The van der Waals surface area contributed by atoms with Gasteiger partial charge in [-0.3, -0.25) is 9.36 Å². The second-order valence-electron chi connectivity index (χ2n) is 11.0. The average molecular weight is 588 g/mol. The van der Waals surface area contributed by atoms with Gasteiger partial charge in [0.05, 0.1) is 34.6 Å². The van der Waals surface area contributed by atoms with E-state index < -0.39 is 16.1 Å². The molecule has 3 aromatic carbocycles. The summed E-state index contributed by atoms with van der Waals surface area (Å²) in [6.07, 6.45) is 0. The van der Waals surface area contributed by atoms with Crippen molar-refractivity contribution in [3.05, 3.63) is 106 Å². The molecule has 41 heavy (non-hydrogen) atoms. The van der Waals surface area contributed by atoms with E-state index in [9.17, 15) is 13.2 Å². The van der Waals surface area contributed by atoms with Gasteiger partial charge < -0.3 is 4.74 Å². The van der Waals surface area contributed by atoms with Crippen molar-refractivity contribution < 1.29 is 13.2 Å². The van der Waals surface area contributed by atoms with Gasteiger partial charge in [-0.2, -0.15) is 4.31 Å². The zero-order valence-corrected chi connectivity index (χ0v) is 25.6. The highest BCUT2D eigenvalue weighted by Gasteiger charge is 2.30. The SMILES string of the molecule is COc1ccc(-n2c(C(C)N(C)S(=O)(=O)c3ccc(C(C)(C)C)cc3)nc3ccc(-c4cccs4)cc3c2=O)cc1. The summed E-state index contributed by atoms with van der Waals surface area (Å²) in [7, 11) is -0.806. The highest BCUT2D eigenvalue weighted by Crippen LogP contribution is 2.31. The summed E-state index contributed by atoms with van der Waals surface area (Å²) in [5.74, 6) is 0.956. The molecule has 2 aromatic heterocycles. The lowest BCUT2D eigenvalue weighted by Gasteiger charge is -2.27. The number of thiophene rings is 1. The number of ether oxygens (including phenoxy) is 1. The van der Waals surface area contributed by atoms with Crippen molar-refractivity contribution in [2.45, 2.75) is 44.0 Å². The largest absolute Gasteiger partial charge is 0.497 e. The molecule has 0 bridgehead atoms. The molecule has 5 rings (SSSR count). The predicted octanol–water partition coefficient (Wildman–Crippen LogP) is 6.80. The molecule has 0 N–H and O–H groups in total. The molecule has 7 nitrogen and oxygen atoms in total. The molecule has 9 heteroatoms. The van der Waals surface area contributed by atoms with E-state index in [0.717, 1.165) is 16.0 Å². The molecule has 1 unspecified atom stereocenters. The number of hydrogen-bond acceptors (Lipinski definition) is 6. The van der Waals surface area contributed by atoms with E-state index in [1.807, 2.05) is 47.8 Å². The van der Waals surface area contributed by atoms with Crippen molar-refractivity contribution in [1.82, 2.24) is 13.9 Å². The summed E-state index contributed by atoms with van der Waals surface area (Å²) < 4.78 is 35.6. The lowest BCUT2D eigenvalue weighted by Crippen LogP contribution is -2.35. The van der Waals surface area contributed by atoms with Gasteiger partial charge in [0.2, 0.25) is 10.0 Å². The van der Waals surface area contributed by atoms with Crippen LogP contribution in [0.15, 0.2) is 93.9 Å². The van der Waals surface area contributed by atoms with Crippen molar-refractivity contribution in [2.24, 2.45) is 0 Å². The molecular formula is C32H33N3O4S2. The molecule has 0 saturated heterocycles. The van der Waals surface area contributed by atoms with Crippen LogP contribution in [-0.2, 0) is 15.4 Å². The molecule has 1 atom stereocenters. The lowest BCUT2D eigenvalue weighted by atomic mass is 9.87. The fourth-order valence-corrected chi connectivity index (χ4v) is 6.77. The topological polar surface area (TPSA) is 81.5 Å². The summed E-state index contributed by atoms with van der Waals surface area (Å²) in [6, 6.07) is 22.8. The highest BCUT2D eigenvalue weighted by molar-refractivity contribution is 7.89. The van der Waals surface area contributed by atoms with Crippen LogP contribution in [0.25, 0.3) is 27.0 Å². The Balaban J connectivity index is 1.65. The van der Waals surface area contributed by atoms with Crippen LogP contribution in [0.5, 0.6) is 5.75 Å². The number of hydrogen-bond donors (Lipinski definition) is 0. The third-order valence-electron chi connectivity index (χ3n) is 7.35. The van der Waals surface area contributed by atoms with Crippen molar-refractivity contribution in [3.63, 3.8) is 0 Å². The van der Waals surface area contributed by atoms with Gasteiger partial charge in [0.1, 0.15) is 11.6 Å². The van der Waals surface area contributed by atoms with Crippen LogP contribution in [-0.4, -0.2) is 36.4 Å². The minimum atomic E-state index is -3.90. The number of benzene rings is 3. The van der Waals surface area contributed by atoms with E-state index in [2.05, 4.69) is 20.8 Å². The molecule has 5 aromatic rings. The number of rotatable bonds is 7. The molecule has 0 aliphatic rings. The van der Waals surface area contributed by atoms with Crippen molar-refractivity contribution >= 4 is 32.3 Å². The molecule has 0 aliphatic carbocycles. The standard InChI is InChI=1S/C32H33N3O4S2/c1-21(34(5)41(37,38)26-16-10-23(11-17-26)32(2,3)4)30-33-28-18-9-22(29-8-7-19-40-29)20-27(28)31(36)35(30)24-12-14-25(39-6)15-13-24/h7-21H,1-6H3. The second kappa shape index (κ2) is 10.9. The van der Waals surface area contributed by atoms with E-state index in [4.69, 9.17) is 9.72 Å². The fraction of sp³-hybridized carbons (Fsp3) is 0.250. The molecule has 0 fully saturated rings. The lowest BCUT2D eigenvalue weighted by molar-refractivity contribution is 0.379. The third-order valence-corrected chi connectivity index (χ3v) is 10.2. The molecular weight excluding hydrogens is 555 g/mol. The second-order valence-corrected chi connectivity index (χ2v) is 13.9. The Labute approximate surface area is 244 Å². The third kappa shape index (κ3) is 5.45. The number of nitrogens with zero attached hydrogens (tertiary/aromatic N) is 3. The van der Waals surface area contributed by atoms with E-state index in [0.29, 0.717) is 28.2 Å². The van der Waals surface area contributed by atoms with E-state index in [1.165, 1.54) is 15.9 Å². The normalized spacial score (nSPS) is 13.0. The number of fused-ring (bicyclic) bond motifs is 1. The van der Waals surface area contributed by atoms with E-state index in [-0.39, 0.29) is 15.9 Å². The average Bonchev–Trinajstić information content (AvgIpc) is 3.51. The van der Waals surface area contributed by atoms with Crippen LogP contribution in [0.3, 0.4) is 0 Å². The molecule has 0 aliphatic heterocycles. The minimum absolute atomic E-state index is 0.103. The fourth-order valence-electron chi connectivity index (χ4n) is 4.72. The Kier molecular flexibility index (Phi) is 7.63. The summed E-state index contributed by atoms with van der Waals surface area (Å²) in [4.78, 5) is 20.2. The van der Waals surface area contributed by atoms with Crippen molar-refractivity contribution in [3.8, 4) is 21.9 Å². The van der Waals surface area contributed by atoms with Crippen LogP contribution >= 0.6 is 11.3 Å².